The summed E-state index contributed by atoms with van der Waals surface area (Å²) in [6.07, 6.45) is -0.345. The van der Waals surface area contributed by atoms with Crippen molar-refractivity contribution in [3.05, 3.63) is 23.3 Å². The summed E-state index contributed by atoms with van der Waals surface area (Å²) in [5.41, 5.74) is 0.0615. The SMILES string of the molecule is N#Cc1c(OC(F)F)ccc(CC(=O)O)c1S. The minimum absolute atomic E-state index is 0.0352. The lowest BCUT2D eigenvalue weighted by atomic mass is 10.1. The first-order valence-corrected chi connectivity index (χ1v) is 4.82. The average Bonchev–Trinajstić information content (AvgIpc) is 2.21. The van der Waals surface area contributed by atoms with Gasteiger partial charge in [-0.3, -0.25) is 4.79 Å². The molecule has 1 aromatic rings. The molecule has 17 heavy (non-hydrogen) atoms. The summed E-state index contributed by atoms with van der Waals surface area (Å²) >= 11 is 3.95. The minimum Gasteiger partial charge on any atom is -0.481 e. The fourth-order valence-electron chi connectivity index (χ4n) is 1.22. The van der Waals surface area contributed by atoms with E-state index in [0.717, 1.165) is 6.07 Å². The van der Waals surface area contributed by atoms with Crippen molar-refractivity contribution in [3.8, 4) is 11.8 Å². The number of carboxylic acid groups (broad SMARTS) is 1. The van der Waals surface area contributed by atoms with Crippen molar-refractivity contribution in [1.29, 1.82) is 5.26 Å². The Labute approximate surface area is 101 Å². The van der Waals surface area contributed by atoms with Gasteiger partial charge in [0.25, 0.3) is 0 Å². The number of alkyl halides is 2. The van der Waals surface area contributed by atoms with E-state index in [1.807, 2.05) is 0 Å². The number of nitriles is 1. The number of carboxylic acids is 1. The highest BCUT2D eigenvalue weighted by Gasteiger charge is 2.16. The van der Waals surface area contributed by atoms with Crippen LogP contribution in [0.25, 0.3) is 0 Å². The molecule has 0 heterocycles. The number of hydrogen-bond acceptors (Lipinski definition) is 4. The molecular weight excluding hydrogens is 252 g/mol. The molecular formula is C10H7F2NO3S. The van der Waals surface area contributed by atoms with Crippen LogP contribution in [-0.2, 0) is 11.2 Å². The lowest BCUT2D eigenvalue weighted by Gasteiger charge is -2.10. The van der Waals surface area contributed by atoms with Gasteiger partial charge in [-0.05, 0) is 11.6 Å². The van der Waals surface area contributed by atoms with Crippen molar-refractivity contribution < 1.29 is 23.4 Å². The molecule has 0 aliphatic rings. The molecule has 0 unspecified atom stereocenters. The summed E-state index contributed by atoms with van der Waals surface area (Å²) in [6, 6.07) is 4.07. The van der Waals surface area contributed by atoms with Crippen LogP contribution in [0.3, 0.4) is 0 Å². The molecule has 0 fully saturated rings. The summed E-state index contributed by atoms with van der Waals surface area (Å²) < 4.78 is 28.2. The third-order valence-corrected chi connectivity index (χ3v) is 2.40. The van der Waals surface area contributed by atoms with Crippen molar-refractivity contribution in [3.63, 3.8) is 0 Å². The molecule has 1 rings (SSSR count). The quantitative estimate of drug-likeness (QED) is 0.812. The first-order chi connectivity index (χ1) is 7.95. The minimum atomic E-state index is -3.06. The van der Waals surface area contributed by atoms with Gasteiger partial charge in [0, 0.05) is 4.90 Å². The molecule has 1 aromatic carbocycles. The molecule has 7 heteroatoms. The fraction of sp³-hybridized carbons (Fsp3) is 0.200. The summed E-state index contributed by atoms with van der Waals surface area (Å²) in [7, 11) is 0. The van der Waals surface area contributed by atoms with Crippen molar-refractivity contribution in [2.75, 3.05) is 0 Å². The molecule has 0 atom stereocenters. The highest BCUT2D eigenvalue weighted by atomic mass is 32.1. The number of benzene rings is 1. The number of thiol groups is 1. The maximum absolute atomic E-state index is 12.0. The van der Waals surface area contributed by atoms with E-state index in [1.165, 1.54) is 6.07 Å². The van der Waals surface area contributed by atoms with Gasteiger partial charge in [-0.15, -0.1) is 12.6 Å². The lowest BCUT2D eigenvalue weighted by molar-refractivity contribution is -0.136. The van der Waals surface area contributed by atoms with Gasteiger partial charge in [-0.25, -0.2) is 0 Å². The Morgan fingerprint density at radius 1 is 1.59 bits per heavy atom. The zero-order valence-corrected chi connectivity index (χ0v) is 9.25. The van der Waals surface area contributed by atoms with Gasteiger partial charge < -0.3 is 9.84 Å². The fourth-order valence-corrected chi connectivity index (χ4v) is 1.54. The van der Waals surface area contributed by atoms with E-state index in [0.29, 0.717) is 0 Å². The molecule has 0 aromatic heterocycles. The van der Waals surface area contributed by atoms with Gasteiger partial charge in [-0.2, -0.15) is 14.0 Å². The summed E-state index contributed by atoms with van der Waals surface area (Å²) in [5, 5.41) is 17.4. The number of aliphatic carboxylic acids is 1. The largest absolute Gasteiger partial charge is 0.481 e. The van der Waals surface area contributed by atoms with Crippen LogP contribution >= 0.6 is 12.6 Å². The molecule has 0 spiro atoms. The van der Waals surface area contributed by atoms with Crippen LogP contribution in [0.4, 0.5) is 8.78 Å². The predicted molar refractivity (Wildman–Crippen MR) is 56.4 cm³/mol. The monoisotopic (exact) mass is 259 g/mol. The lowest BCUT2D eigenvalue weighted by Crippen LogP contribution is -2.06. The van der Waals surface area contributed by atoms with Gasteiger partial charge >= 0.3 is 12.6 Å². The van der Waals surface area contributed by atoms with E-state index < -0.39 is 12.6 Å². The van der Waals surface area contributed by atoms with Gasteiger partial charge in [0.2, 0.25) is 0 Å². The number of rotatable bonds is 4. The third kappa shape index (κ3) is 3.32. The van der Waals surface area contributed by atoms with Crippen LogP contribution < -0.4 is 4.74 Å². The van der Waals surface area contributed by atoms with Crippen LogP contribution in [0.15, 0.2) is 17.0 Å². The second-order valence-corrected chi connectivity index (χ2v) is 3.45. The van der Waals surface area contributed by atoms with Gasteiger partial charge in [0.05, 0.1) is 6.42 Å². The predicted octanol–water partition coefficient (Wildman–Crippen LogP) is 2.08. The second kappa shape index (κ2) is 5.50. The number of halogens is 2. The van der Waals surface area contributed by atoms with Crippen molar-refractivity contribution in [2.45, 2.75) is 17.9 Å². The van der Waals surface area contributed by atoms with Crippen LogP contribution in [0.1, 0.15) is 11.1 Å². The Morgan fingerprint density at radius 2 is 2.24 bits per heavy atom. The van der Waals surface area contributed by atoms with E-state index in [-0.39, 0.29) is 28.2 Å². The smallest absolute Gasteiger partial charge is 0.387 e. The first-order valence-electron chi connectivity index (χ1n) is 4.37. The maximum atomic E-state index is 12.0. The van der Waals surface area contributed by atoms with E-state index in [1.54, 1.807) is 6.07 Å². The molecule has 4 nitrogen and oxygen atoms in total. The molecule has 90 valence electrons. The maximum Gasteiger partial charge on any atom is 0.387 e. The van der Waals surface area contributed by atoms with Crippen molar-refractivity contribution >= 4 is 18.6 Å². The van der Waals surface area contributed by atoms with Gasteiger partial charge in [0.1, 0.15) is 17.4 Å². The normalized spacial score (nSPS) is 10.1. The second-order valence-electron chi connectivity index (χ2n) is 3.01. The van der Waals surface area contributed by atoms with E-state index in [4.69, 9.17) is 10.4 Å². The molecule has 0 aliphatic carbocycles. The standard InChI is InChI=1S/C10H7F2NO3S/c11-10(12)16-7-2-1-5(3-8(14)15)9(17)6(7)4-13/h1-2,10,17H,3H2,(H,14,15). The third-order valence-electron chi connectivity index (χ3n) is 1.89. The number of nitrogens with zero attached hydrogens (tertiary/aromatic N) is 1. The van der Waals surface area contributed by atoms with Crippen LogP contribution in [0.5, 0.6) is 5.75 Å². The molecule has 0 bridgehead atoms. The van der Waals surface area contributed by atoms with Crippen LogP contribution in [0.2, 0.25) is 0 Å². The van der Waals surface area contributed by atoms with E-state index in [9.17, 15) is 13.6 Å². The molecule has 0 radical (unpaired) electrons. The van der Waals surface area contributed by atoms with Crippen LogP contribution in [0, 0.1) is 11.3 Å². The first kappa shape index (κ1) is 13.3. The Hall–Kier alpha value is -1.81. The summed E-state index contributed by atoms with van der Waals surface area (Å²) in [6.45, 7) is -3.06. The zero-order chi connectivity index (χ0) is 13.0. The van der Waals surface area contributed by atoms with E-state index in [2.05, 4.69) is 17.4 Å². The van der Waals surface area contributed by atoms with Crippen LogP contribution in [-0.4, -0.2) is 17.7 Å². The Balaban J connectivity index is 3.18. The molecule has 0 saturated carbocycles. The molecule has 0 aliphatic heterocycles. The summed E-state index contributed by atoms with van der Waals surface area (Å²) in [4.78, 5) is 10.6. The Morgan fingerprint density at radius 3 is 2.71 bits per heavy atom. The Kier molecular flexibility index (Phi) is 4.29. The number of hydrogen-bond donors (Lipinski definition) is 2. The van der Waals surface area contributed by atoms with E-state index >= 15 is 0 Å². The zero-order valence-electron chi connectivity index (χ0n) is 8.35. The highest BCUT2D eigenvalue weighted by Crippen LogP contribution is 2.29. The number of carbonyl (C=O) groups is 1. The number of ether oxygens (including phenoxy) is 1. The summed E-state index contributed by atoms with van der Waals surface area (Å²) in [5.74, 6) is -1.42. The van der Waals surface area contributed by atoms with Crippen molar-refractivity contribution in [1.82, 2.24) is 0 Å². The van der Waals surface area contributed by atoms with Gasteiger partial charge in [-0.1, -0.05) is 6.07 Å². The highest BCUT2D eigenvalue weighted by molar-refractivity contribution is 7.80. The molecule has 0 saturated heterocycles. The topological polar surface area (TPSA) is 70.3 Å². The molecule has 0 amide bonds. The van der Waals surface area contributed by atoms with Gasteiger partial charge in [0.15, 0.2) is 0 Å². The molecule has 1 N–H and O–H groups in total. The Bertz CT molecular complexity index is 485. The van der Waals surface area contributed by atoms with Crippen molar-refractivity contribution in [2.24, 2.45) is 0 Å². The average molecular weight is 259 g/mol.